The van der Waals surface area contributed by atoms with Crippen molar-refractivity contribution in [2.45, 2.75) is 43.5 Å². The zero-order valence-electron chi connectivity index (χ0n) is 11.6. The zero-order chi connectivity index (χ0) is 15.6. The van der Waals surface area contributed by atoms with Crippen molar-refractivity contribution in [2.24, 2.45) is 5.92 Å². The van der Waals surface area contributed by atoms with Crippen LogP contribution in [0.3, 0.4) is 0 Å². The van der Waals surface area contributed by atoms with Gasteiger partial charge >= 0.3 is 5.69 Å². The Labute approximate surface area is 122 Å². The number of benzene rings is 1. The number of nitrogens with zero attached hydrogens (tertiary/aromatic N) is 1. The van der Waals surface area contributed by atoms with Crippen LogP contribution < -0.4 is 4.72 Å². The second kappa shape index (κ2) is 6.07. The smallest absolute Gasteiger partial charge is 0.258 e. The molecule has 0 saturated heterocycles. The van der Waals surface area contributed by atoms with Crippen LogP contribution in [0.4, 0.5) is 10.1 Å². The second-order valence-electron chi connectivity index (χ2n) is 5.43. The topological polar surface area (TPSA) is 89.3 Å². The van der Waals surface area contributed by atoms with E-state index in [1.807, 2.05) is 6.92 Å². The molecule has 1 aromatic carbocycles. The number of halogens is 1. The van der Waals surface area contributed by atoms with Crippen molar-refractivity contribution in [3.63, 3.8) is 0 Å². The normalized spacial score (nSPS) is 23.0. The molecule has 0 aromatic heterocycles. The first-order valence-electron chi connectivity index (χ1n) is 6.76. The quantitative estimate of drug-likeness (QED) is 0.683. The highest BCUT2D eigenvalue weighted by atomic mass is 32.2. The van der Waals surface area contributed by atoms with E-state index in [9.17, 15) is 22.9 Å². The first kappa shape index (κ1) is 15.8. The molecule has 21 heavy (non-hydrogen) atoms. The Balaban J connectivity index is 2.32. The second-order valence-corrected chi connectivity index (χ2v) is 7.12. The van der Waals surface area contributed by atoms with Gasteiger partial charge in [0.1, 0.15) is 0 Å². The molecule has 6 nitrogen and oxygen atoms in total. The van der Waals surface area contributed by atoms with Crippen LogP contribution in [0.5, 0.6) is 0 Å². The number of rotatable bonds is 4. The first-order chi connectivity index (χ1) is 9.81. The number of hydrogen-bond acceptors (Lipinski definition) is 4. The van der Waals surface area contributed by atoms with Crippen LogP contribution in [0.1, 0.15) is 32.6 Å². The fourth-order valence-corrected chi connectivity index (χ4v) is 4.18. The van der Waals surface area contributed by atoms with Gasteiger partial charge in [-0.3, -0.25) is 10.1 Å². The van der Waals surface area contributed by atoms with Gasteiger partial charge in [-0.05, 0) is 30.9 Å². The summed E-state index contributed by atoms with van der Waals surface area (Å²) in [5.41, 5.74) is -1.01. The van der Waals surface area contributed by atoms with E-state index < -0.39 is 31.3 Å². The van der Waals surface area contributed by atoms with Crippen molar-refractivity contribution >= 4 is 15.7 Å². The van der Waals surface area contributed by atoms with E-state index in [-0.39, 0.29) is 6.04 Å². The summed E-state index contributed by atoms with van der Waals surface area (Å²) in [6.07, 6.45) is 3.31. The molecular formula is C13H17FN2O4S. The van der Waals surface area contributed by atoms with Crippen LogP contribution in [0, 0.1) is 21.8 Å². The predicted molar refractivity (Wildman–Crippen MR) is 74.8 cm³/mol. The Kier molecular flexibility index (Phi) is 4.58. The Morgan fingerprint density at radius 3 is 2.71 bits per heavy atom. The molecule has 0 radical (unpaired) electrons. The molecule has 1 aromatic rings. The molecule has 2 rings (SSSR count). The van der Waals surface area contributed by atoms with Gasteiger partial charge in [0.25, 0.3) is 0 Å². The van der Waals surface area contributed by atoms with Crippen molar-refractivity contribution in [2.75, 3.05) is 0 Å². The lowest BCUT2D eigenvalue weighted by Gasteiger charge is -2.27. The van der Waals surface area contributed by atoms with Gasteiger partial charge in [-0.15, -0.1) is 0 Å². The standard InChI is InChI=1S/C13H17FN2O4S/c1-9-4-2-5-10(8-9)15-21(19,20)12-7-3-6-11(14)13(12)16(17)18/h3,6-7,9-10,15H,2,4-5,8H2,1H3. The minimum atomic E-state index is -4.11. The maximum Gasteiger partial charge on any atom is 0.324 e. The van der Waals surface area contributed by atoms with Gasteiger partial charge in [0, 0.05) is 6.04 Å². The third-order valence-corrected chi connectivity index (χ3v) is 5.23. The molecule has 0 heterocycles. The van der Waals surface area contributed by atoms with Gasteiger partial charge in [0.15, 0.2) is 4.90 Å². The lowest BCUT2D eigenvalue weighted by atomic mass is 9.88. The highest BCUT2D eigenvalue weighted by molar-refractivity contribution is 7.89. The van der Waals surface area contributed by atoms with Gasteiger partial charge in [0.05, 0.1) is 4.92 Å². The van der Waals surface area contributed by atoms with Gasteiger partial charge in [-0.2, -0.15) is 4.39 Å². The van der Waals surface area contributed by atoms with E-state index in [0.717, 1.165) is 31.0 Å². The van der Waals surface area contributed by atoms with Crippen LogP contribution in [0.15, 0.2) is 23.1 Å². The van der Waals surface area contributed by atoms with Crippen LogP contribution in [0.2, 0.25) is 0 Å². The van der Waals surface area contributed by atoms with E-state index in [0.29, 0.717) is 18.8 Å². The zero-order valence-corrected chi connectivity index (χ0v) is 12.4. The number of nitro benzene ring substituents is 1. The maximum absolute atomic E-state index is 13.5. The Morgan fingerprint density at radius 1 is 1.38 bits per heavy atom. The summed E-state index contributed by atoms with van der Waals surface area (Å²) in [4.78, 5) is 9.28. The highest BCUT2D eigenvalue weighted by Gasteiger charge is 2.32. The van der Waals surface area contributed by atoms with Crippen LogP contribution in [-0.2, 0) is 10.0 Å². The minimum absolute atomic E-state index is 0.262. The van der Waals surface area contributed by atoms with Gasteiger partial charge in [0.2, 0.25) is 15.8 Å². The molecule has 116 valence electrons. The summed E-state index contributed by atoms with van der Waals surface area (Å²) >= 11 is 0. The molecule has 0 spiro atoms. The Hall–Kier alpha value is -1.54. The molecule has 0 amide bonds. The highest BCUT2D eigenvalue weighted by Crippen LogP contribution is 2.29. The molecule has 1 saturated carbocycles. The molecule has 0 bridgehead atoms. The van der Waals surface area contributed by atoms with Crippen molar-refractivity contribution in [3.8, 4) is 0 Å². The van der Waals surface area contributed by atoms with Crippen LogP contribution in [0.25, 0.3) is 0 Å². The summed E-state index contributed by atoms with van der Waals surface area (Å²) in [6.45, 7) is 2.03. The summed E-state index contributed by atoms with van der Waals surface area (Å²) < 4.78 is 40.6. The summed E-state index contributed by atoms with van der Waals surface area (Å²) in [5, 5.41) is 10.9. The fraction of sp³-hybridized carbons (Fsp3) is 0.538. The van der Waals surface area contributed by atoms with Crippen molar-refractivity contribution in [1.29, 1.82) is 0 Å². The molecule has 1 aliphatic carbocycles. The van der Waals surface area contributed by atoms with E-state index in [4.69, 9.17) is 0 Å². The van der Waals surface area contributed by atoms with Crippen molar-refractivity contribution in [3.05, 3.63) is 34.1 Å². The molecule has 1 N–H and O–H groups in total. The Morgan fingerprint density at radius 2 is 2.10 bits per heavy atom. The van der Waals surface area contributed by atoms with Crippen LogP contribution in [-0.4, -0.2) is 19.4 Å². The number of sulfonamides is 1. The summed E-state index contributed by atoms with van der Waals surface area (Å²) in [6, 6.07) is 2.82. The van der Waals surface area contributed by atoms with Crippen LogP contribution >= 0.6 is 0 Å². The molecule has 1 aliphatic rings. The molecule has 2 unspecified atom stereocenters. The van der Waals surface area contributed by atoms with Crippen molar-refractivity contribution in [1.82, 2.24) is 4.72 Å². The molecule has 1 fully saturated rings. The third kappa shape index (κ3) is 3.56. The molecule has 0 aliphatic heterocycles. The largest absolute Gasteiger partial charge is 0.324 e. The lowest BCUT2D eigenvalue weighted by Crippen LogP contribution is -2.38. The number of hydrogen-bond donors (Lipinski definition) is 1. The first-order valence-corrected chi connectivity index (χ1v) is 8.25. The molecular weight excluding hydrogens is 299 g/mol. The summed E-state index contributed by atoms with van der Waals surface area (Å²) in [7, 11) is -4.11. The Bertz CT molecular complexity index is 648. The van der Waals surface area contributed by atoms with E-state index >= 15 is 0 Å². The van der Waals surface area contributed by atoms with Gasteiger partial charge < -0.3 is 0 Å². The van der Waals surface area contributed by atoms with E-state index in [1.54, 1.807) is 0 Å². The average Bonchev–Trinajstić information content (AvgIpc) is 2.37. The third-order valence-electron chi connectivity index (χ3n) is 3.68. The van der Waals surface area contributed by atoms with E-state index in [1.165, 1.54) is 0 Å². The summed E-state index contributed by atoms with van der Waals surface area (Å²) in [5.74, 6) is -0.756. The molecule has 2 atom stereocenters. The average molecular weight is 316 g/mol. The predicted octanol–water partition coefficient (Wildman–Crippen LogP) is 2.59. The SMILES string of the molecule is CC1CCCC(NS(=O)(=O)c2cccc(F)c2[N+](=O)[O-])C1. The maximum atomic E-state index is 13.5. The monoisotopic (exact) mass is 316 g/mol. The number of nitro groups is 1. The lowest BCUT2D eigenvalue weighted by molar-refractivity contribution is -0.390. The van der Waals surface area contributed by atoms with E-state index in [2.05, 4.69) is 4.72 Å². The fourth-order valence-electron chi connectivity index (χ4n) is 2.71. The minimum Gasteiger partial charge on any atom is -0.258 e. The number of nitrogens with one attached hydrogen (secondary N) is 1. The van der Waals surface area contributed by atoms with Gasteiger partial charge in [-0.1, -0.05) is 25.8 Å². The molecule has 8 heteroatoms. The van der Waals surface area contributed by atoms with Crippen molar-refractivity contribution < 1.29 is 17.7 Å². The number of para-hydroxylation sites is 1. The van der Waals surface area contributed by atoms with Gasteiger partial charge in [-0.25, -0.2) is 13.1 Å².